The van der Waals surface area contributed by atoms with E-state index in [2.05, 4.69) is 5.32 Å². The molecule has 0 radical (unpaired) electrons. The van der Waals surface area contributed by atoms with Gasteiger partial charge in [-0.2, -0.15) is 0 Å². The van der Waals surface area contributed by atoms with E-state index in [0.29, 0.717) is 12.2 Å². The van der Waals surface area contributed by atoms with E-state index in [9.17, 15) is 14.4 Å². The highest BCUT2D eigenvalue weighted by molar-refractivity contribution is 5.91. The van der Waals surface area contributed by atoms with E-state index in [1.807, 2.05) is 63.2 Å². The van der Waals surface area contributed by atoms with Crippen molar-refractivity contribution in [1.29, 1.82) is 0 Å². The molecule has 0 saturated heterocycles. The number of amides is 1. The van der Waals surface area contributed by atoms with E-state index in [1.54, 1.807) is 0 Å². The van der Waals surface area contributed by atoms with Crippen molar-refractivity contribution in [3.8, 4) is 0 Å². The van der Waals surface area contributed by atoms with E-state index in [1.165, 1.54) is 16.8 Å². The Morgan fingerprint density at radius 3 is 2.43 bits per heavy atom. The van der Waals surface area contributed by atoms with Gasteiger partial charge in [-0.15, -0.1) is 0 Å². The van der Waals surface area contributed by atoms with Crippen molar-refractivity contribution >= 4 is 11.6 Å². The Hall–Kier alpha value is -3.41. The topological polar surface area (TPSA) is 73.1 Å². The molecular weight excluding hydrogens is 354 g/mol. The lowest BCUT2D eigenvalue weighted by Gasteiger charge is -2.12. The van der Waals surface area contributed by atoms with Gasteiger partial charge in [0.1, 0.15) is 6.54 Å². The van der Waals surface area contributed by atoms with Crippen LogP contribution in [0.1, 0.15) is 22.3 Å². The molecule has 2 aromatic carbocycles. The number of anilines is 1. The summed E-state index contributed by atoms with van der Waals surface area (Å²) in [5.74, 6) is -0.417. The first kappa shape index (κ1) is 19.4. The number of nitrogens with one attached hydrogen (secondary N) is 1. The Balaban J connectivity index is 1.84. The predicted molar refractivity (Wildman–Crippen MR) is 110 cm³/mol. The van der Waals surface area contributed by atoms with E-state index >= 15 is 0 Å². The fourth-order valence-corrected chi connectivity index (χ4v) is 3.08. The van der Waals surface area contributed by atoms with E-state index in [0.717, 1.165) is 26.8 Å². The van der Waals surface area contributed by atoms with Crippen LogP contribution in [-0.2, 0) is 17.9 Å². The van der Waals surface area contributed by atoms with Gasteiger partial charge >= 0.3 is 5.69 Å². The molecule has 0 aliphatic heterocycles. The Labute approximate surface area is 163 Å². The number of aryl methyl sites for hydroxylation is 3. The summed E-state index contributed by atoms with van der Waals surface area (Å²) < 4.78 is 2.39. The third kappa shape index (κ3) is 4.28. The third-order valence-corrected chi connectivity index (χ3v) is 4.70. The summed E-state index contributed by atoms with van der Waals surface area (Å²) in [7, 11) is 0. The summed E-state index contributed by atoms with van der Waals surface area (Å²) in [4.78, 5) is 37.4. The number of rotatable bonds is 5. The number of nitrogens with zero attached hydrogens (tertiary/aromatic N) is 2. The lowest BCUT2D eigenvalue weighted by molar-refractivity contribution is -0.116. The zero-order chi connectivity index (χ0) is 20.3. The molecule has 0 unspecified atom stereocenters. The number of carbonyl (C=O) groups excluding carboxylic acids is 1. The quantitative estimate of drug-likeness (QED) is 0.743. The summed E-state index contributed by atoms with van der Waals surface area (Å²) in [6, 6.07) is 14.7. The van der Waals surface area contributed by atoms with Gasteiger partial charge in [-0.05, 0) is 43.5 Å². The normalized spacial score (nSPS) is 10.7. The average Bonchev–Trinajstić information content (AvgIpc) is 2.65. The van der Waals surface area contributed by atoms with Crippen LogP contribution < -0.4 is 16.6 Å². The SMILES string of the molecule is Cc1ccc(NC(=O)Cn2c(=O)ccn(Cc3ccccc3C)c2=O)c(C)c1. The molecule has 28 heavy (non-hydrogen) atoms. The van der Waals surface area contributed by atoms with Crippen molar-refractivity contribution in [2.24, 2.45) is 0 Å². The molecule has 1 heterocycles. The Bertz CT molecular complexity index is 1140. The van der Waals surface area contributed by atoms with Crippen molar-refractivity contribution < 1.29 is 4.79 Å². The molecule has 1 aromatic heterocycles. The van der Waals surface area contributed by atoms with Gasteiger partial charge in [0.15, 0.2) is 0 Å². The summed E-state index contributed by atoms with van der Waals surface area (Å²) in [6.45, 7) is 5.84. The lowest BCUT2D eigenvalue weighted by Crippen LogP contribution is -2.42. The molecular formula is C22H23N3O3. The standard InChI is InChI=1S/C22H23N3O3/c1-15-8-9-19(17(3)12-15)23-20(26)14-25-21(27)10-11-24(22(25)28)13-18-7-5-4-6-16(18)2/h4-12H,13-14H2,1-3H3,(H,23,26). The van der Waals surface area contributed by atoms with Crippen molar-refractivity contribution in [1.82, 2.24) is 9.13 Å². The summed E-state index contributed by atoms with van der Waals surface area (Å²) >= 11 is 0. The average molecular weight is 377 g/mol. The Morgan fingerprint density at radius 1 is 0.964 bits per heavy atom. The zero-order valence-electron chi connectivity index (χ0n) is 16.2. The maximum absolute atomic E-state index is 12.8. The minimum absolute atomic E-state index is 0.334. The first-order valence-electron chi connectivity index (χ1n) is 9.07. The lowest BCUT2D eigenvalue weighted by atomic mass is 10.1. The first-order chi connectivity index (χ1) is 13.3. The second kappa shape index (κ2) is 8.08. The molecule has 0 saturated carbocycles. The zero-order valence-corrected chi connectivity index (χ0v) is 16.2. The van der Waals surface area contributed by atoms with Gasteiger partial charge in [-0.25, -0.2) is 4.79 Å². The van der Waals surface area contributed by atoms with Crippen molar-refractivity contribution in [2.45, 2.75) is 33.9 Å². The largest absolute Gasteiger partial charge is 0.331 e. The van der Waals surface area contributed by atoms with Crippen LogP contribution >= 0.6 is 0 Å². The fraction of sp³-hybridized carbons (Fsp3) is 0.227. The number of benzene rings is 2. The Kier molecular flexibility index (Phi) is 5.59. The van der Waals surface area contributed by atoms with Gasteiger partial charge in [0.2, 0.25) is 5.91 Å². The number of hydrogen-bond donors (Lipinski definition) is 1. The van der Waals surface area contributed by atoms with Gasteiger partial charge in [-0.1, -0.05) is 42.0 Å². The predicted octanol–water partition coefficient (Wildman–Crippen LogP) is 2.62. The number of aromatic nitrogens is 2. The maximum Gasteiger partial charge on any atom is 0.331 e. The second-order valence-electron chi connectivity index (χ2n) is 6.94. The van der Waals surface area contributed by atoms with Crippen LogP contribution in [0.15, 0.2) is 64.3 Å². The highest BCUT2D eigenvalue weighted by atomic mass is 16.2. The molecule has 1 N–H and O–H groups in total. The molecule has 6 nitrogen and oxygen atoms in total. The van der Waals surface area contributed by atoms with Crippen molar-refractivity contribution in [2.75, 3.05) is 5.32 Å². The van der Waals surface area contributed by atoms with Crippen LogP contribution in [0.2, 0.25) is 0 Å². The van der Waals surface area contributed by atoms with Gasteiger partial charge in [0.25, 0.3) is 5.56 Å². The third-order valence-electron chi connectivity index (χ3n) is 4.70. The number of hydrogen-bond acceptors (Lipinski definition) is 3. The highest BCUT2D eigenvalue weighted by Crippen LogP contribution is 2.15. The summed E-state index contributed by atoms with van der Waals surface area (Å²) in [6.07, 6.45) is 1.47. The van der Waals surface area contributed by atoms with E-state index in [4.69, 9.17) is 0 Å². The molecule has 3 rings (SSSR count). The molecule has 6 heteroatoms. The smallest absolute Gasteiger partial charge is 0.324 e. The minimum Gasteiger partial charge on any atom is -0.324 e. The van der Waals surface area contributed by atoms with Crippen LogP contribution in [0, 0.1) is 20.8 Å². The molecule has 0 aliphatic rings. The van der Waals surface area contributed by atoms with E-state index < -0.39 is 17.2 Å². The van der Waals surface area contributed by atoms with Gasteiger partial charge in [0, 0.05) is 18.0 Å². The molecule has 0 bridgehead atoms. The van der Waals surface area contributed by atoms with Crippen LogP contribution in [0.25, 0.3) is 0 Å². The first-order valence-corrected chi connectivity index (χ1v) is 9.07. The Morgan fingerprint density at radius 2 is 1.71 bits per heavy atom. The molecule has 3 aromatic rings. The van der Waals surface area contributed by atoms with Crippen molar-refractivity contribution in [3.05, 3.63) is 97.8 Å². The monoisotopic (exact) mass is 377 g/mol. The fourth-order valence-electron chi connectivity index (χ4n) is 3.08. The summed E-state index contributed by atoms with van der Waals surface area (Å²) in [5.41, 5.74) is 3.71. The molecule has 0 spiro atoms. The highest BCUT2D eigenvalue weighted by Gasteiger charge is 2.12. The van der Waals surface area contributed by atoms with Gasteiger partial charge in [0.05, 0.1) is 6.54 Å². The molecule has 1 amide bonds. The van der Waals surface area contributed by atoms with Crippen LogP contribution in [-0.4, -0.2) is 15.0 Å². The molecule has 144 valence electrons. The van der Waals surface area contributed by atoms with Crippen LogP contribution in [0.5, 0.6) is 0 Å². The second-order valence-corrected chi connectivity index (χ2v) is 6.94. The van der Waals surface area contributed by atoms with Crippen LogP contribution in [0.4, 0.5) is 5.69 Å². The molecule has 0 fully saturated rings. The van der Waals surface area contributed by atoms with Crippen molar-refractivity contribution in [3.63, 3.8) is 0 Å². The molecule has 0 aliphatic carbocycles. The maximum atomic E-state index is 12.8. The van der Waals surface area contributed by atoms with Crippen LogP contribution in [0.3, 0.4) is 0 Å². The molecule has 0 atom stereocenters. The summed E-state index contributed by atoms with van der Waals surface area (Å²) in [5, 5.41) is 2.77. The van der Waals surface area contributed by atoms with Gasteiger partial charge in [-0.3, -0.25) is 18.7 Å². The van der Waals surface area contributed by atoms with E-state index in [-0.39, 0.29) is 6.54 Å². The number of carbonyl (C=O) groups is 1. The van der Waals surface area contributed by atoms with Gasteiger partial charge < -0.3 is 5.32 Å². The minimum atomic E-state index is -0.508.